The van der Waals surface area contributed by atoms with E-state index in [-0.39, 0.29) is 6.61 Å². The summed E-state index contributed by atoms with van der Waals surface area (Å²) in [5.41, 5.74) is 0. The standard InChI is InChI=1S/C21H40O5/c1-2-3-4-5-6-7-8-9-10-11-12-13-14-15-25-19-17-26-21(20(19)24)18(23)16-22/h3-4,18-24H,2,5-17H2,1H3/b4-3+/t18-,19+,20-,21-/m1/s1. The van der Waals surface area contributed by atoms with E-state index in [4.69, 9.17) is 14.6 Å². The summed E-state index contributed by atoms with van der Waals surface area (Å²) < 4.78 is 11.0. The van der Waals surface area contributed by atoms with Crippen LogP contribution in [0, 0.1) is 0 Å². The number of hydrogen-bond donors (Lipinski definition) is 3. The van der Waals surface area contributed by atoms with Gasteiger partial charge < -0.3 is 24.8 Å². The number of rotatable bonds is 16. The molecule has 0 saturated carbocycles. The monoisotopic (exact) mass is 372 g/mol. The van der Waals surface area contributed by atoms with Gasteiger partial charge in [-0.2, -0.15) is 0 Å². The smallest absolute Gasteiger partial charge is 0.114 e. The Kier molecular flexibility index (Phi) is 14.1. The molecule has 1 fully saturated rings. The molecule has 0 aromatic rings. The van der Waals surface area contributed by atoms with Crippen LogP contribution in [-0.4, -0.2) is 59.6 Å². The van der Waals surface area contributed by atoms with Crippen LogP contribution in [0.25, 0.3) is 0 Å². The lowest BCUT2D eigenvalue weighted by Crippen LogP contribution is -2.41. The molecule has 0 radical (unpaired) electrons. The molecule has 0 amide bonds. The molecule has 0 bridgehead atoms. The fourth-order valence-electron chi connectivity index (χ4n) is 3.32. The Bertz CT molecular complexity index is 347. The largest absolute Gasteiger partial charge is 0.394 e. The van der Waals surface area contributed by atoms with E-state index < -0.39 is 31.0 Å². The van der Waals surface area contributed by atoms with Crippen LogP contribution in [0.3, 0.4) is 0 Å². The van der Waals surface area contributed by atoms with Crippen molar-refractivity contribution in [3.05, 3.63) is 12.2 Å². The number of aliphatic hydroxyl groups is 3. The van der Waals surface area contributed by atoms with Gasteiger partial charge in [0, 0.05) is 6.61 Å². The highest BCUT2D eigenvalue weighted by Crippen LogP contribution is 2.20. The Balaban J connectivity index is 1.86. The van der Waals surface area contributed by atoms with E-state index in [2.05, 4.69) is 19.1 Å². The molecule has 0 aromatic heterocycles. The van der Waals surface area contributed by atoms with Gasteiger partial charge in [0.05, 0.1) is 13.2 Å². The maximum Gasteiger partial charge on any atom is 0.114 e. The zero-order valence-electron chi connectivity index (χ0n) is 16.5. The Morgan fingerprint density at radius 2 is 1.62 bits per heavy atom. The highest BCUT2D eigenvalue weighted by molar-refractivity contribution is 4.88. The Morgan fingerprint density at radius 3 is 2.23 bits per heavy atom. The van der Waals surface area contributed by atoms with Crippen LogP contribution < -0.4 is 0 Å². The summed E-state index contributed by atoms with van der Waals surface area (Å²) in [6, 6.07) is 0. The SMILES string of the molecule is CC/C=C/CCCCCCCCCCCO[C@H]1CO[C@H]([C@H](O)CO)[C@@H]1O. The third-order valence-electron chi connectivity index (χ3n) is 4.99. The second-order valence-corrected chi connectivity index (χ2v) is 7.30. The van der Waals surface area contributed by atoms with Crippen molar-refractivity contribution in [1.29, 1.82) is 0 Å². The third-order valence-corrected chi connectivity index (χ3v) is 4.99. The van der Waals surface area contributed by atoms with Crippen LogP contribution in [-0.2, 0) is 9.47 Å². The van der Waals surface area contributed by atoms with Crippen molar-refractivity contribution in [2.75, 3.05) is 19.8 Å². The lowest BCUT2D eigenvalue weighted by Gasteiger charge is -2.20. The molecule has 1 rings (SSSR count). The molecular weight excluding hydrogens is 332 g/mol. The summed E-state index contributed by atoms with van der Waals surface area (Å²) in [5, 5.41) is 28.5. The second kappa shape index (κ2) is 15.6. The van der Waals surface area contributed by atoms with E-state index >= 15 is 0 Å². The molecule has 4 atom stereocenters. The first-order valence-corrected chi connectivity index (χ1v) is 10.6. The number of unbranched alkanes of at least 4 members (excludes halogenated alkanes) is 9. The maximum atomic E-state index is 10.0. The van der Waals surface area contributed by atoms with Gasteiger partial charge in [-0.3, -0.25) is 0 Å². The lowest BCUT2D eigenvalue weighted by molar-refractivity contribution is -0.0730. The predicted octanol–water partition coefficient (Wildman–Crippen LogP) is 3.35. The van der Waals surface area contributed by atoms with Gasteiger partial charge in [-0.1, -0.05) is 64.0 Å². The second-order valence-electron chi connectivity index (χ2n) is 7.30. The van der Waals surface area contributed by atoms with Crippen molar-refractivity contribution in [3.8, 4) is 0 Å². The van der Waals surface area contributed by atoms with Gasteiger partial charge in [0.15, 0.2) is 0 Å². The molecule has 0 aliphatic carbocycles. The fraction of sp³-hybridized carbons (Fsp3) is 0.905. The van der Waals surface area contributed by atoms with Crippen molar-refractivity contribution in [2.24, 2.45) is 0 Å². The fourth-order valence-corrected chi connectivity index (χ4v) is 3.32. The first kappa shape index (κ1) is 23.6. The van der Waals surface area contributed by atoms with Crippen LogP contribution in [0.15, 0.2) is 12.2 Å². The van der Waals surface area contributed by atoms with E-state index in [0.717, 1.165) is 19.3 Å². The van der Waals surface area contributed by atoms with Crippen molar-refractivity contribution in [2.45, 2.75) is 102 Å². The van der Waals surface area contributed by atoms with E-state index in [1.165, 1.54) is 51.4 Å². The summed E-state index contributed by atoms with van der Waals surface area (Å²) in [7, 11) is 0. The molecule has 0 aromatic carbocycles. The van der Waals surface area contributed by atoms with Gasteiger partial charge in [-0.05, 0) is 25.7 Å². The van der Waals surface area contributed by atoms with Gasteiger partial charge >= 0.3 is 0 Å². The summed E-state index contributed by atoms with van der Waals surface area (Å²) >= 11 is 0. The van der Waals surface area contributed by atoms with E-state index in [1.54, 1.807) is 0 Å². The average Bonchev–Trinajstić information content (AvgIpc) is 3.02. The van der Waals surface area contributed by atoms with Crippen molar-refractivity contribution >= 4 is 0 Å². The number of aliphatic hydroxyl groups excluding tert-OH is 3. The van der Waals surface area contributed by atoms with Crippen LogP contribution in [0.4, 0.5) is 0 Å². The highest BCUT2D eigenvalue weighted by atomic mass is 16.6. The molecule has 1 heterocycles. The average molecular weight is 373 g/mol. The normalized spacial score (nSPS) is 24.5. The summed E-state index contributed by atoms with van der Waals surface area (Å²) in [5.74, 6) is 0. The van der Waals surface area contributed by atoms with E-state index in [1.807, 2.05) is 0 Å². The van der Waals surface area contributed by atoms with Crippen LogP contribution in [0.5, 0.6) is 0 Å². The summed E-state index contributed by atoms with van der Waals surface area (Å²) in [6.07, 6.45) is 15.2. The van der Waals surface area contributed by atoms with Gasteiger partial charge in [0.25, 0.3) is 0 Å². The van der Waals surface area contributed by atoms with Gasteiger partial charge in [-0.25, -0.2) is 0 Å². The van der Waals surface area contributed by atoms with Gasteiger partial charge in [0.1, 0.15) is 24.4 Å². The Morgan fingerprint density at radius 1 is 1.00 bits per heavy atom. The maximum absolute atomic E-state index is 10.0. The van der Waals surface area contributed by atoms with Crippen molar-refractivity contribution < 1.29 is 24.8 Å². The van der Waals surface area contributed by atoms with Gasteiger partial charge in [0.2, 0.25) is 0 Å². The molecule has 1 saturated heterocycles. The Hall–Kier alpha value is -0.460. The molecule has 154 valence electrons. The number of hydrogen-bond acceptors (Lipinski definition) is 5. The number of allylic oxidation sites excluding steroid dienone is 2. The highest BCUT2D eigenvalue weighted by Gasteiger charge is 2.40. The molecule has 1 aliphatic heterocycles. The Labute approximate surface area is 159 Å². The van der Waals surface area contributed by atoms with E-state index in [0.29, 0.717) is 6.61 Å². The topological polar surface area (TPSA) is 79.2 Å². The zero-order valence-corrected chi connectivity index (χ0v) is 16.5. The minimum absolute atomic E-state index is 0.275. The van der Waals surface area contributed by atoms with Gasteiger partial charge in [-0.15, -0.1) is 0 Å². The molecular formula is C21H40O5. The first-order chi connectivity index (χ1) is 12.7. The zero-order chi connectivity index (χ0) is 19.0. The van der Waals surface area contributed by atoms with Crippen LogP contribution >= 0.6 is 0 Å². The molecule has 26 heavy (non-hydrogen) atoms. The van der Waals surface area contributed by atoms with Crippen LogP contribution in [0.2, 0.25) is 0 Å². The molecule has 5 heteroatoms. The molecule has 0 unspecified atom stereocenters. The van der Waals surface area contributed by atoms with Crippen LogP contribution in [0.1, 0.15) is 77.6 Å². The lowest BCUT2D eigenvalue weighted by atomic mass is 10.1. The van der Waals surface area contributed by atoms with Crippen molar-refractivity contribution in [1.82, 2.24) is 0 Å². The molecule has 0 spiro atoms. The number of ether oxygens (including phenoxy) is 2. The summed E-state index contributed by atoms with van der Waals surface area (Å²) in [6.45, 7) is 2.65. The quantitative estimate of drug-likeness (QED) is 0.286. The minimum Gasteiger partial charge on any atom is -0.394 e. The minimum atomic E-state index is -1.05. The first-order valence-electron chi connectivity index (χ1n) is 10.6. The van der Waals surface area contributed by atoms with E-state index in [9.17, 15) is 10.2 Å². The van der Waals surface area contributed by atoms with Crippen molar-refractivity contribution in [3.63, 3.8) is 0 Å². The molecule has 3 N–H and O–H groups in total. The molecule has 1 aliphatic rings. The third kappa shape index (κ3) is 10.0. The molecule has 5 nitrogen and oxygen atoms in total. The summed E-state index contributed by atoms with van der Waals surface area (Å²) in [4.78, 5) is 0. The predicted molar refractivity (Wildman–Crippen MR) is 104 cm³/mol.